The number of nitrogens with zero attached hydrogens (tertiary/aromatic N) is 4. The van der Waals surface area contributed by atoms with Crippen molar-refractivity contribution in [1.82, 2.24) is 20.0 Å². The van der Waals surface area contributed by atoms with E-state index in [2.05, 4.69) is 27.2 Å². The Hall–Kier alpha value is -2.67. The molecule has 0 spiro atoms. The first-order chi connectivity index (χ1) is 15.6. The molecule has 7 nitrogen and oxygen atoms in total. The van der Waals surface area contributed by atoms with Crippen molar-refractivity contribution in [3.05, 3.63) is 47.9 Å². The summed E-state index contributed by atoms with van der Waals surface area (Å²) in [6.45, 7) is 7.45. The molecule has 2 aliphatic rings. The highest BCUT2D eigenvalue weighted by molar-refractivity contribution is 5.78. The number of hydrogen-bond acceptors (Lipinski definition) is 6. The fraction of sp³-hybridized carbons (Fsp3) is 0.560. The van der Waals surface area contributed by atoms with Crippen molar-refractivity contribution < 1.29 is 13.6 Å². The Morgan fingerprint density at radius 3 is 2.59 bits per heavy atom. The molecule has 0 N–H and O–H groups in total. The average Bonchev–Trinajstić information content (AvgIpc) is 3.46. The molecule has 2 fully saturated rings. The summed E-state index contributed by atoms with van der Waals surface area (Å²) >= 11 is 0. The molecule has 3 aromatic rings. The van der Waals surface area contributed by atoms with Crippen molar-refractivity contribution in [2.45, 2.75) is 64.5 Å². The zero-order chi connectivity index (χ0) is 22.1. The number of carbonyl (C=O) groups is 1. The quantitative estimate of drug-likeness (QED) is 0.566. The van der Waals surface area contributed by atoms with E-state index >= 15 is 0 Å². The van der Waals surface area contributed by atoms with Gasteiger partial charge in [-0.1, -0.05) is 32.0 Å². The number of piperidine rings is 2. The topological polar surface area (TPSA) is 75.6 Å². The summed E-state index contributed by atoms with van der Waals surface area (Å²) in [6.07, 6.45) is 5.00. The standard InChI is InChI=1S/C25H32N4O3/c1-17(2)25(30)29-12-6-5-8-21(29)24-27-26-23(32-24)18-10-13-28(14-11-18)16-20-15-19-7-3-4-9-22(19)31-20/h3-4,7,9,15,17-18,21H,5-6,8,10-14,16H2,1-2H3. The lowest BCUT2D eigenvalue weighted by atomic mass is 9.96. The monoisotopic (exact) mass is 436 g/mol. The summed E-state index contributed by atoms with van der Waals surface area (Å²) in [5, 5.41) is 9.93. The predicted molar refractivity (Wildman–Crippen MR) is 121 cm³/mol. The number of rotatable bonds is 5. The molecule has 1 aromatic carbocycles. The second-order valence-corrected chi connectivity index (χ2v) is 9.48. The molecule has 0 saturated carbocycles. The van der Waals surface area contributed by atoms with Crippen molar-refractivity contribution >= 4 is 16.9 Å². The minimum atomic E-state index is -0.0759. The van der Waals surface area contributed by atoms with Crippen molar-refractivity contribution in [2.24, 2.45) is 5.92 Å². The molecule has 2 saturated heterocycles. The Morgan fingerprint density at radius 1 is 1.03 bits per heavy atom. The third-order valence-corrected chi connectivity index (χ3v) is 6.81. The molecule has 32 heavy (non-hydrogen) atoms. The van der Waals surface area contributed by atoms with Crippen LogP contribution in [0.15, 0.2) is 39.2 Å². The van der Waals surface area contributed by atoms with Gasteiger partial charge in [0, 0.05) is 23.8 Å². The number of likely N-dealkylation sites (tertiary alicyclic amines) is 2. The van der Waals surface area contributed by atoms with Crippen LogP contribution in [0.3, 0.4) is 0 Å². The van der Waals surface area contributed by atoms with Gasteiger partial charge in [-0.05, 0) is 57.3 Å². The zero-order valence-corrected chi connectivity index (χ0v) is 19.0. The maximum atomic E-state index is 12.7. The van der Waals surface area contributed by atoms with Gasteiger partial charge in [0.15, 0.2) is 0 Å². The van der Waals surface area contributed by atoms with Crippen molar-refractivity contribution in [2.75, 3.05) is 19.6 Å². The first-order valence-electron chi connectivity index (χ1n) is 11.9. The largest absolute Gasteiger partial charge is 0.460 e. The third-order valence-electron chi connectivity index (χ3n) is 6.81. The molecule has 0 radical (unpaired) electrons. The van der Waals surface area contributed by atoms with E-state index in [4.69, 9.17) is 8.83 Å². The van der Waals surface area contributed by atoms with Gasteiger partial charge in [0.2, 0.25) is 17.7 Å². The smallest absolute Gasteiger partial charge is 0.238 e. The Bertz CT molecular complexity index is 1030. The lowest BCUT2D eigenvalue weighted by molar-refractivity contribution is -0.139. The zero-order valence-electron chi connectivity index (χ0n) is 19.0. The minimum absolute atomic E-state index is 0.0194. The number of aromatic nitrogens is 2. The van der Waals surface area contributed by atoms with E-state index in [1.807, 2.05) is 36.9 Å². The number of para-hydroxylation sites is 1. The van der Waals surface area contributed by atoms with Crippen LogP contribution in [0.25, 0.3) is 11.0 Å². The second-order valence-electron chi connectivity index (χ2n) is 9.48. The van der Waals surface area contributed by atoms with E-state index in [9.17, 15) is 4.79 Å². The Labute approximate surface area is 188 Å². The molecule has 5 rings (SSSR count). The van der Waals surface area contributed by atoms with Gasteiger partial charge in [-0.25, -0.2) is 0 Å². The van der Waals surface area contributed by atoms with Gasteiger partial charge < -0.3 is 13.7 Å². The number of furan rings is 1. The van der Waals surface area contributed by atoms with Gasteiger partial charge in [-0.15, -0.1) is 10.2 Å². The molecule has 2 aliphatic heterocycles. The fourth-order valence-electron chi connectivity index (χ4n) is 5.00. The number of benzene rings is 1. The predicted octanol–water partition coefficient (Wildman–Crippen LogP) is 4.91. The molecular weight excluding hydrogens is 404 g/mol. The Kier molecular flexibility index (Phi) is 6.00. The molecule has 2 aromatic heterocycles. The van der Waals surface area contributed by atoms with Crippen LogP contribution in [0.5, 0.6) is 0 Å². The van der Waals surface area contributed by atoms with Crippen molar-refractivity contribution in [1.29, 1.82) is 0 Å². The Balaban J connectivity index is 1.20. The van der Waals surface area contributed by atoms with E-state index < -0.39 is 0 Å². The summed E-state index contributed by atoms with van der Waals surface area (Å²) < 4.78 is 12.1. The molecule has 1 atom stereocenters. The van der Waals surface area contributed by atoms with Crippen molar-refractivity contribution in [3.63, 3.8) is 0 Å². The van der Waals surface area contributed by atoms with Crippen LogP contribution >= 0.6 is 0 Å². The van der Waals surface area contributed by atoms with Gasteiger partial charge >= 0.3 is 0 Å². The fourth-order valence-corrected chi connectivity index (χ4v) is 5.00. The van der Waals surface area contributed by atoms with E-state index in [1.54, 1.807) is 0 Å². The van der Waals surface area contributed by atoms with Crippen LogP contribution in [-0.4, -0.2) is 45.5 Å². The van der Waals surface area contributed by atoms with Gasteiger partial charge in [-0.3, -0.25) is 9.69 Å². The summed E-state index contributed by atoms with van der Waals surface area (Å²) in [6, 6.07) is 10.2. The first kappa shape index (κ1) is 21.2. The maximum Gasteiger partial charge on any atom is 0.238 e. The number of amides is 1. The van der Waals surface area contributed by atoms with Crippen LogP contribution in [0.4, 0.5) is 0 Å². The molecule has 0 bridgehead atoms. The lowest BCUT2D eigenvalue weighted by Gasteiger charge is -2.34. The van der Waals surface area contributed by atoms with E-state index in [0.717, 1.165) is 80.9 Å². The molecule has 170 valence electrons. The normalized spacial score (nSPS) is 21.0. The summed E-state index contributed by atoms with van der Waals surface area (Å²) in [5.41, 5.74) is 0.948. The van der Waals surface area contributed by atoms with Gasteiger partial charge in [0.05, 0.1) is 6.54 Å². The average molecular weight is 437 g/mol. The van der Waals surface area contributed by atoms with Gasteiger partial charge in [0.25, 0.3) is 0 Å². The highest BCUT2D eigenvalue weighted by Gasteiger charge is 2.34. The third kappa shape index (κ3) is 4.31. The molecule has 4 heterocycles. The highest BCUT2D eigenvalue weighted by Crippen LogP contribution is 2.34. The van der Waals surface area contributed by atoms with E-state index in [0.29, 0.717) is 5.89 Å². The number of carbonyl (C=O) groups excluding carboxylic acids is 1. The van der Waals surface area contributed by atoms with Gasteiger partial charge in [-0.2, -0.15) is 0 Å². The molecule has 1 unspecified atom stereocenters. The van der Waals surface area contributed by atoms with Crippen LogP contribution in [-0.2, 0) is 11.3 Å². The molecule has 7 heteroatoms. The van der Waals surface area contributed by atoms with Crippen LogP contribution in [0, 0.1) is 5.92 Å². The molecular formula is C25H32N4O3. The van der Waals surface area contributed by atoms with Crippen LogP contribution < -0.4 is 0 Å². The van der Waals surface area contributed by atoms with Gasteiger partial charge in [0.1, 0.15) is 17.4 Å². The van der Waals surface area contributed by atoms with Crippen molar-refractivity contribution in [3.8, 4) is 0 Å². The lowest BCUT2D eigenvalue weighted by Crippen LogP contribution is -2.40. The number of fused-ring (bicyclic) bond motifs is 1. The second kappa shape index (κ2) is 9.06. The summed E-state index contributed by atoms with van der Waals surface area (Å²) in [7, 11) is 0. The number of hydrogen-bond donors (Lipinski definition) is 0. The van der Waals surface area contributed by atoms with E-state index in [-0.39, 0.29) is 23.8 Å². The SMILES string of the molecule is CC(C)C(=O)N1CCCCC1c1nnc(C2CCN(Cc3cc4ccccc4o3)CC2)o1. The maximum absolute atomic E-state index is 12.7. The first-order valence-corrected chi connectivity index (χ1v) is 11.9. The van der Waals surface area contributed by atoms with Crippen LogP contribution in [0.1, 0.15) is 75.5 Å². The van der Waals surface area contributed by atoms with Crippen LogP contribution in [0.2, 0.25) is 0 Å². The molecule has 1 amide bonds. The summed E-state index contributed by atoms with van der Waals surface area (Å²) in [4.78, 5) is 17.0. The molecule has 0 aliphatic carbocycles. The summed E-state index contributed by atoms with van der Waals surface area (Å²) in [5.74, 6) is 2.78. The highest BCUT2D eigenvalue weighted by atomic mass is 16.4. The Morgan fingerprint density at radius 2 is 1.81 bits per heavy atom. The van der Waals surface area contributed by atoms with E-state index in [1.165, 1.54) is 0 Å². The minimum Gasteiger partial charge on any atom is -0.460 e.